The van der Waals surface area contributed by atoms with Crippen molar-refractivity contribution in [2.24, 2.45) is 5.41 Å². The second-order valence-electron chi connectivity index (χ2n) is 5.88. The molecule has 4 nitrogen and oxygen atoms in total. The van der Waals surface area contributed by atoms with E-state index in [1.165, 1.54) is 0 Å². The molecule has 0 aromatic carbocycles. The predicted octanol–water partition coefficient (Wildman–Crippen LogP) is 1.87. The van der Waals surface area contributed by atoms with Crippen molar-refractivity contribution < 1.29 is 4.79 Å². The first-order valence-electron chi connectivity index (χ1n) is 6.79. The number of hydrogen-bond donors (Lipinski definition) is 0. The van der Waals surface area contributed by atoms with Crippen molar-refractivity contribution in [3.05, 3.63) is 0 Å². The normalized spacial score (nSPS) is 17.9. The van der Waals surface area contributed by atoms with Crippen molar-refractivity contribution in [3.63, 3.8) is 0 Å². The standard InChI is InChI=1S/C14H25N3O/c1-5-13(18)17-8-6-12(7-9-17)16(4)11-14(2,3)10-15/h12H,5-9,11H2,1-4H3. The Morgan fingerprint density at radius 1 is 1.44 bits per heavy atom. The monoisotopic (exact) mass is 251 g/mol. The average molecular weight is 251 g/mol. The third-order valence-corrected chi connectivity index (χ3v) is 3.69. The molecule has 4 heteroatoms. The van der Waals surface area contributed by atoms with Gasteiger partial charge >= 0.3 is 0 Å². The Hall–Kier alpha value is -1.08. The Morgan fingerprint density at radius 3 is 2.44 bits per heavy atom. The number of nitriles is 1. The van der Waals surface area contributed by atoms with Gasteiger partial charge < -0.3 is 9.80 Å². The van der Waals surface area contributed by atoms with Crippen molar-refractivity contribution in [3.8, 4) is 6.07 Å². The number of carbonyl (C=O) groups is 1. The molecule has 1 saturated heterocycles. The highest BCUT2D eigenvalue weighted by atomic mass is 16.2. The molecule has 0 aromatic rings. The van der Waals surface area contributed by atoms with Crippen molar-refractivity contribution in [2.45, 2.75) is 46.1 Å². The molecule has 1 amide bonds. The summed E-state index contributed by atoms with van der Waals surface area (Å²) in [5.41, 5.74) is -0.300. The third kappa shape index (κ3) is 3.99. The van der Waals surface area contributed by atoms with Crippen LogP contribution in [0.4, 0.5) is 0 Å². The summed E-state index contributed by atoms with van der Waals surface area (Å²) >= 11 is 0. The van der Waals surface area contributed by atoms with Crippen LogP contribution in [-0.2, 0) is 4.79 Å². The van der Waals surface area contributed by atoms with Gasteiger partial charge in [-0.1, -0.05) is 6.92 Å². The molecule has 0 spiro atoms. The Balaban J connectivity index is 2.43. The van der Waals surface area contributed by atoms with E-state index in [0.29, 0.717) is 12.5 Å². The minimum absolute atomic E-state index is 0.258. The summed E-state index contributed by atoms with van der Waals surface area (Å²) in [5, 5.41) is 9.06. The first-order chi connectivity index (χ1) is 8.39. The van der Waals surface area contributed by atoms with Gasteiger partial charge in [0.2, 0.25) is 5.91 Å². The van der Waals surface area contributed by atoms with E-state index in [4.69, 9.17) is 5.26 Å². The van der Waals surface area contributed by atoms with Crippen molar-refractivity contribution in [2.75, 3.05) is 26.7 Å². The van der Waals surface area contributed by atoms with Gasteiger partial charge in [0.05, 0.1) is 11.5 Å². The van der Waals surface area contributed by atoms with E-state index in [-0.39, 0.29) is 11.3 Å². The van der Waals surface area contributed by atoms with Crippen LogP contribution < -0.4 is 0 Å². The van der Waals surface area contributed by atoms with Crippen molar-refractivity contribution in [1.29, 1.82) is 5.26 Å². The Kier molecular flexibility index (Phi) is 5.15. The van der Waals surface area contributed by atoms with E-state index in [9.17, 15) is 4.79 Å². The Labute approximate surface area is 111 Å². The molecule has 1 fully saturated rings. The zero-order chi connectivity index (χ0) is 13.8. The first kappa shape index (κ1) is 15.0. The first-order valence-corrected chi connectivity index (χ1v) is 6.79. The van der Waals surface area contributed by atoms with Crippen LogP contribution in [0, 0.1) is 16.7 Å². The van der Waals surface area contributed by atoms with Crippen LogP contribution in [-0.4, -0.2) is 48.4 Å². The van der Waals surface area contributed by atoms with Crippen molar-refractivity contribution >= 4 is 5.91 Å². The number of piperidine rings is 1. The fourth-order valence-corrected chi connectivity index (χ4v) is 2.57. The number of likely N-dealkylation sites (tertiary alicyclic amines) is 1. The van der Waals surface area contributed by atoms with E-state index in [1.54, 1.807) is 0 Å². The SMILES string of the molecule is CCC(=O)N1CCC(N(C)CC(C)(C)C#N)CC1. The number of amides is 1. The van der Waals surface area contributed by atoms with E-state index < -0.39 is 0 Å². The molecule has 0 unspecified atom stereocenters. The summed E-state index contributed by atoms with van der Waals surface area (Å²) in [6.45, 7) is 8.35. The van der Waals surface area contributed by atoms with Gasteiger partial charge in [0.1, 0.15) is 0 Å². The van der Waals surface area contributed by atoms with Crippen LogP contribution in [0.25, 0.3) is 0 Å². The lowest BCUT2D eigenvalue weighted by atomic mass is 9.93. The average Bonchev–Trinajstić information content (AvgIpc) is 2.37. The summed E-state index contributed by atoms with van der Waals surface area (Å²) in [6.07, 6.45) is 2.63. The highest BCUT2D eigenvalue weighted by Gasteiger charge is 2.28. The third-order valence-electron chi connectivity index (χ3n) is 3.69. The van der Waals surface area contributed by atoms with E-state index in [1.807, 2.05) is 25.7 Å². The second kappa shape index (κ2) is 6.19. The summed E-state index contributed by atoms with van der Waals surface area (Å²) in [5.74, 6) is 0.258. The molecule has 0 aliphatic carbocycles. The van der Waals surface area contributed by atoms with Gasteiger partial charge in [-0.05, 0) is 33.7 Å². The molecule has 0 N–H and O–H groups in total. The lowest BCUT2D eigenvalue weighted by molar-refractivity contribution is -0.132. The van der Waals surface area contributed by atoms with E-state index in [0.717, 1.165) is 32.5 Å². The van der Waals surface area contributed by atoms with Crippen LogP contribution in [0.5, 0.6) is 0 Å². The predicted molar refractivity (Wildman–Crippen MR) is 71.9 cm³/mol. The molecule has 1 heterocycles. The molecule has 0 atom stereocenters. The largest absolute Gasteiger partial charge is 0.343 e. The maximum atomic E-state index is 11.6. The summed E-state index contributed by atoms with van der Waals surface area (Å²) in [4.78, 5) is 15.8. The molecule has 0 radical (unpaired) electrons. The quantitative estimate of drug-likeness (QED) is 0.766. The lowest BCUT2D eigenvalue weighted by Crippen LogP contribution is -2.47. The number of hydrogen-bond acceptors (Lipinski definition) is 3. The second-order valence-corrected chi connectivity index (χ2v) is 5.88. The van der Waals surface area contributed by atoms with Gasteiger partial charge in [-0.15, -0.1) is 0 Å². The van der Waals surface area contributed by atoms with Crippen molar-refractivity contribution in [1.82, 2.24) is 9.80 Å². The van der Waals surface area contributed by atoms with Crippen LogP contribution in [0.15, 0.2) is 0 Å². The summed E-state index contributed by atoms with van der Waals surface area (Å²) in [7, 11) is 2.08. The highest BCUT2D eigenvalue weighted by Crippen LogP contribution is 2.21. The maximum Gasteiger partial charge on any atom is 0.222 e. The zero-order valence-electron chi connectivity index (χ0n) is 12.1. The number of nitrogens with zero attached hydrogens (tertiary/aromatic N) is 3. The zero-order valence-corrected chi connectivity index (χ0v) is 12.1. The summed E-state index contributed by atoms with van der Waals surface area (Å²) in [6, 6.07) is 2.84. The topological polar surface area (TPSA) is 47.3 Å². The van der Waals surface area contributed by atoms with Crippen LogP contribution in [0.1, 0.15) is 40.0 Å². The highest BCUT2D eigenvalue weighted by molar-refractivity contribution is 5.75. The Morgan fingerprint density at radius 2 is 2.00 bits per heavy atom. The molecular formula is C14H25N3O. The van der Waals surface area contributed by atoms with E-state index >= 15 is 0 Å². The molecule has 0 aromatic heterocycles. The fraction of sp³-hybridized carbons (Fsp3) is 0.857. The number of carbonyl (C=O) groups excluding carboxylic acids is 1. The number of rotatable bonds is 4. The van der Waals surface area contributed by atoms with Gasteiger partial charge in [0.25, 0.3) is 0 Å². The molecule has 1 aliphatic rings. The van der Waals surface area contributed by atoms with Gasteiger partial charge in [-0.3, -0.25) is 4.79 Å². The van der Waals surface area contributed by atoms with Gasteiger partial charge in [0.15, 0.2) is 0 Å². The lowest BCUT2D eigenvalue weighted by Gasteiger charge is -2.38. The van der Waals surface area contributed by atoms with Gasteiger partial charge in [0, 0.05) is 32.1 Å². The minimum Gasteiger partial charge on any atom is -0.343 e. The van der Waals surface area contributed by atoms with Crippen LogP contribution in [0.3, 0.4) is 0 Å². The smallest absolute Gasteiger partial charge is 0.222 e. The Bertz CT molecular complexity index is 324. The molecule has 1 rings (SSSR count). The van der Waals surface area contributed by atoms with E-state index in [2.05, 4.69) is 18.0 Å². The molecule has 18 heavy (non-hydrogen) atoms. The molecular weight excluding hydrogens is 226 g/mol. The summed E-state index contributed by atoms with van der Waals surface area (Å²) < 4.78 is 0. The molecule has 0 saturated carbocycles. The minimum atomic E-state index is -0.300. The molecule has 0 bridgehead atoms. The maximum absolute atomic E-state index is 11.6. The van der Waals surface area contributed by atoms with Gasteiger partial charge in [-0.25, -0.2) is 0 Å². The molecule has 102 valence electrons. The van der Waals surface area contributed by atoms with Gasteiger partial charge in [-0.2, -0.15) is 5.26 Å². The fourth-order valence-electron chi connectivity index (χ4n) is 2.57. The molecule has 1 aliphatic heterocycles. The van der Waals surface area contributed by atoms with Crippen LogP contribution in [0.2, 0.25) is 0 Å². The van der Waals surface area contributed by atoms with Crippen LogP contribution >= 0.6 is 0 Å².